The van der Waals surface area contributed by atoms with Crippen molar-refractivity contribution in [2.75, 3.05) is 13.1 Å². The van der Waals surface area contributed by atoms with Gasteiger partial charge in [0.05, 0.1) is 28.1 Å². The van der Waals surface area contributed by atoms with E-state index in [2.05, 4.69) is 23.9 Å². The quantitative estimate of drug-likeness (QED) is 0.594. The Morgan fingerprint density at radius 2 is 2.21 bits per heavy atom. The predicted molar refractivity (Wildman–Crippen MR) is 113 cm³/mol. The number of halogens is 1. The van der Waals surface area contributed by atoms with E-state index in [0.717, 1.165) is 35.8 Å². The largest absolute Gasteiger partial charge is 0.338 e. The van der Waals surface area contributed by atoms with Crippen LogP contribution in [0, 0.1) is 0 Å². The summed E-state index contributed by atoms with van der Waals surface area (Å²) in [4.78, 5) is 19.8. The van der Waals surface area contributed by atoms with Crippen LogP contribution >= 0.6 is 22.9 Å². The Morgan fingerprint density at radius 1 is 1.36 bits per heavy atom. The van der Waals surface area contributed by atoms with Crippen molar-refractivity contribution in [2.24, 2.45) is 0 Å². The van der Waals surface area contributed by atoms with Gasteiger partial charge in [0.15, 0.2) is 0 Å². The molecular weight excluding hydrogens is 392 g/mol. The topological polar surface area (TPSA) is 51.0 Å². The van der Waals surface area contributed by atoms with Crippen LogP contribution in [0.25, 0.3) is 5.69 Å². The second kappa shape index (κ2) is 8.05. The number of rotatable bonds is 4. The zero-order valence-electron chi connectivity index (χ0n) is 16.0. The molecule has 1 amide bonds. The number of carbonyl (C=O) groups excluding carboxylic acids is 1. The number of piperidine rings is 1. The third-order valence-corrected chi connectivity index (χ3v) is 6.32. The molecule has 1 aliphatic heterocycles. The summed E-state index contributed by atoms with van der Waals surface area (Å²) in [5.74, 6) is 0.529. The average Bonchev–Trinajstić information content (AvgIpc) is 3.37. The van der Waals surface area contributed by atoms with Crippen LogP contribution in [0.3, 0.4) is 0 Å². The van der Waals surface area contributed by atoms with Gasteiger partial charge in [-0.15, -0.1) is 11.3 Å². The molecule has 3 heterocycles. The van der Waals surface area contributed by atoms with E-state index in [1.165, 1.54) is 0 Å². The van der Waals surface area contributed by atoms with Gasteiger partial charge >= 0.3 is 0 Å². The van der Waals surface area contributed by atoms with Gasteiger partial charge in [0, 0.05) is 35.6 Å². The molecule has 1 fully saturated rings. The molecule has 3 aromatic rings. The molecule has 7 heteroatoms. The van der Waals surface area contributed by atoms with Gasteiger partial charge in [-0.3, -0.25) is 4.79 Å². The van der Waals surface area contributed by atoms with E-state index in [0.29, 0.717) is 23.0 Å². The summed E-state index contributed by atoms with van der Waals surface area (Å²) in [5, 5.41) is 8.31. The molecule has 1 atom stereocenters. The highest BCUT2D eigenvalue weighted by Gasteiger charge is 2.30. The summed E-state index contributed by atoms with van der Waals surface area (Å²) in [7, 11) is 0. The van der Waals surface area contributed by atoms with Gasteiger partial charge in [0.25, 0.3) is 5.91 Å². The van der Waals surface area contributed by atoms with Gasteiger partial charge in [-0.2, -0.15) is 5.10 Å². The number of aromatic nitrogens is 3. The van der Waals surface area contributed by atoms with Crippen LogP contribution in [0.15, 0.2) is 42.0 Å². The minimum absolute atomic E-state index is 0.0539. The van der Waals surface area contributed by atoms with Crippen LogP contribution < -0.4 is 0 Å². The highest BCUT2D eigenvalue weighted by molar-refractivity contribution is 7.09. The van der Waals surface area contributed by atoms with Gasteiger partial charge in [0.2, 0.25) is 0 Å². The Hall–Kier alpha value is -2.18. The number of benzene rings is 1. The van der Waals surface area contributed by atoms with Gasteiger partial charge in [-0.05, 0) is 37.0 Å². The van der Waals surface area contributed by atoms with E-state index >= 15 is 0 Å². The molecule has 28 heavy (non-hydrogen) atoms. The van der Waals surface area contributed by atoms with Gasteiger partial charge in [-0.25, -0.2) is 9.67 Å². The maximum Gasteiger partial charge on any atom is 0.257 e. The summed E-state index contributed by atoms with van der Waals surface area (Å²) in [6, 6.07) is 7.56. The maximum atomic E-state index is 13.4. The zero-order valence-corrected chi connectivity index (χ0v) is 17.6. The monoisotopic (exact) mass is 414 g/mol. The van der Waals surface area contributed by atoms with Crippen LogP contribution in [-0.4, -0.2) is 38.7 Å². The molecule has 4 rings (SSSR count). The molecule has 0 N–H and O–H groups in total. The van der Waals surface area contributed by atoms with E-state index in [4.69, 9.17) is 11.6 Å². The zero-order chi connectivity index (χ0) is 19.7. The molecule has 0 saturated carbocycles. The SMILES string of the molecule is CC(C)c1c(C(=O)N2CCCC(c3nccs3)C2)cnn1-c1cccc(Cl)c1. The molecular formula is C21H23ClN4OS. The maximum absolute atomic E-state index is 13.4. The second-order valence-corrected chi connectivity index (χ2v) is 8.81. The Balaban J connectivity index is 1.64. The number of likely N-dealkylation sites (tertiary alicyclic amines) is 1. The predicted octanol–water partition coefficient (Wildman–Crippen LogP) is 5.13. The van der Waals surface area contributed by atoms with Crippen molar-refractivity contribution >= 4 is 28.8 Å². The fraction of sp³-hybridized carbons (Fsp3) is 0.381. The Morgan fingerprint density at radius 3 is 2.93 bits per heavy atom. The molecule has 146 valence electrons. The van der Waals surface area contributed by atoms with Crippen LogP contribution in [-0.2, 0) is 0 Å². The van der Waals surface area contributed by atoms with Gasteiger partial charge in [0.1, 0.15) is 0 Å². The van der Waals surface area contributed by atoms with E-state index in [1.807, 2.05) is 45.4 Å². The molecule has 0 aliphatic carbocycles. The third-order valence-electron chi connectivity index (χ3n) is 5.15. The van der Waals surface area contributed by atoms with Crippen LogP contribution in [0.4, 0.5) is 0 Å². The van der Waals surface area contributed by atoms with E-state index in [-0.39, 0.29) is 11.8 Å². The number of thiazole rings is 1. The molecule has 0 radical (unpaired) electrons. The lowest BCUT2D eigenvalue weighted by Gasteiger charge is -2.32. The van der Waals surface area contributed by atoms with Crippen molar-refractivity contribution in [1.29, 1.82) is 0 Å². The number of amides is 1. The van der Waals surface area contributed by atoms with Crippen LogP contribution in [0.1, 0.15) is 59.6 Å². The summed E-state index contributed by atoms with van der Waals surface area (Å²) in [6.45, 7) is 5.67. The van der Waals surface area contributed by atoms with Crippen LogP contribution in [0.2, 0.25) is 5.02 Å². The second-order valence-electron chi connectivity index (χ2n) is 7.45. The summed E-state index contributed by atoms with van der Waals surface area (Å²) in [5.41, 5.74) is 2.47. The molecule has 5 nitrogen and oxygen atoms in total. The van der Waals surface area contributed by atoms with Crippen molar-refractivity contribution in [1.82, 2.24) is 19.7 Å². The average molecular weight is 415 g/mol. The number of nitrogens with zero attached hydrogens (tertiary/aromatic N) is 4. The van der Waals surface area contributed by atoms with E-state index in [1.54, 1.807) is 17.5 Å². The fourth-order valence-electron chi connectivity index (χ4n) is 3.86. The van der Waals surface area contributed by atoms with E-state index in [9.17, 15) is 4.79 Å². The molecule has 1 aliphatic rings. The first-order valence-electron chi connectivity index (χ1n) is 9.57. The minimum Gasteiger partial charge on any atom is -0.338 e. The first kappa shape index (κ1) is 19.2. The lowest BCUT2D eigenvalue weighted by atomic mass is 9.97. The van der Waals surface area contributed by atoms with Gasteiger partial charge in [-0.1, -0.05) is 31.5 Å². The highest BCUT2D eigenvalue weighted by atomic mass is 35.5. The molecule has 0 bridgehead atoms. The van der Waals surface area contributed by atoms with Crippen LogP contribution in [0.5, 0.6) is 0 Å². The number of carbonyl (C=O) groups is 1. The Labute approximate surface area is 174 Å². The molecule has 0 spiro atoms. The third kappa shape index (κ3) is 3.71. The number of hydrogen-bond acceptors (Lipinski definition) is 4. The van der Waals surface area contributed by atoms with Crippen molar-refractivity contribution < 1.29 is 4.79 Å². The lowest BCUT2D eigenvalue weighted by Crippen LogP contribution is -2.39. The molecule has 1 unspecified atom stereocenters. The first-order valence-corrected chi connectivity index (χ1v) is 10.8. The lowest BCUT2D eigenvalue weighted by molar-refractivity contribution is 0.0705. The Kier molecular flexibility index (Phi) is 5.51. The number of hydrogen-bond donors (Lipinski definition) is 0. The van der Waals surface area contributed by atoms with Gasteiger partial charge < -0.3 is 4.90 Å². The fourth-order valence-corrected chi connectivity index (χ4v) is 4.81. The summed E-state index contributed by atoms with van der Waals surface area (Å²) >= 11 is 7.83. The van der Waals surface area contributed by atoms with Crippen molar-refractivity contribution in [3.8, 4) is 5.69 Å². The van der Waals surface area contributed by atoms with Crippen molar-refractivity contribution in [3.63, 3.8) is 0 Å². The van der Waals surface area contributed by atoms with Crippen molar-refractivity contribution in [2.45, 2.75) is 38.5 Å². The highest BCUT2D eigenvalue weighted by Crippen LogP contribution is 2.31. The summed E-state index contributed by atoms with van der Waals surface area (Å²) in [6.07, 6.45) is 5.61. The smallest absolute Gasteiger partial charge is 0.257 e. The molecule has 2 aromatic heterocycles. The van der Waals surface area contributed by atoms with E-state index < -0.39 is 0 Å². The standard InChI is InChI=1S/C21H23ClN4OS/c1-14(2)19-18(12-24-26(19)17-7-3-6-16(22)11-17)21(27)25-9-4-5-15(13-25)20-23-8-10-28-20/h3,6-8,10-12,14-15H,4-5,9,13H2,1-2H3. The minimum atomic E-state index is 0.0539. The summed E-state index contributed by atoms with van der Waals surface area (Å²) < 4.78 is 1.84. The van der Waals surface area contributed by atoms with Crippen molar-refractivity contribution in [3.05, 3.63) is 63.3 Å². The normalized spacial score (nSPS) is 17.3. The molecule has 1 saturated heterocycles. The molecule has 1 aromatic carbocycles. The first-order chi connectivity index (χ1) is 13.5. The Bertz CT molecular complexity index is 967.